The van der Waals surface area contributed by atoms with Gasteiger partial charge in [-0.2, -0.15) is 4.98 Å². The molecule has 0 fully saturated rings. The zero-order valence-electron chi connectivity index (χ0n) is 9.68. The molecular weight excluding hydrogens is 216 g/mol. The highest BCUT2D eigenvalue weighted by Gasteiger charge is 2.22. The number of nitrogens with two attached hydrogens (primary N) is 1. The van der Waals surface area contributed by atoms with Crippen LogP contribution < -0.4 is 10.6 Å². The minimum Gasteiger partial charge on any atom is -0.397 e. The first-order chi connectivity index (χ1) is 8.24. The fourth-order valence-electron chi connectivity index (χ4n) is 2.29. The molecule has 0 saturated carbocycles. The van der Waals surface area contributed by atoms with Crippen molar-refractivity contribution in [3.63, 3.8) is 0 Å². The van der Waals surface area contributed by atoms with Crippen molar-refractivity contribution in [1.82, 2.24) is 10.1 Å². The fourth-order valence-corrected chi connectivity index (χ4v) is 2.29. The van der Waals surface area contributed by atoms with Crippen molar-refractivity contribution in [3.05, 3.63) is 35.5 Å². The largest absolute Gasteiger partial charge is 0.397 e. The molecule has 88 valence electrons. The number of aryl methyl sites for hydroxylation is 1. The minimum atomic E-state index is 0.627. The lowest BCUT2D eigenvalue weighted by molar-refractivity contribution is 0.373. The van der Waals surface area contributed by atoms with Crippen LogP contribution in [0.1, 0.15) is 17.3 Å². The maximum absolute atomic E-state index is 6.01. The molecule has 0 spiro atoms. The zero-order valence-corrected chi connectivity index (χ0v) is 9.68. The number of aromatic nitrogens is 2. The molecule has 0 aliphatic carbocycles. The van der Waals surface area contributed by atoms with Crippen LogP contribution >= 0.6 is 0 Å². The van der Waals surface area contributed by atoms with Crippen molar-refractivity contribution in [2.24, 2.45) is 0 Å². The van der Waals surface area contributed by atoms with E-state index in [-0.39, 0.29) is 0 Å². The van der Waals surface area contributed by atoms with Crippen LogP contribution in [0.25, 0.3) is 0 Å². The van der Waals surface area contributed by atoms with Crippen LogP contribution in [0.2, 0.25) is 0 Å². The maximum Gasteiger partial charge on any atom is 0.246 e. The quantitative estimate of drug-likeness (QED) is 0.792. The van der Waals surface area contributed by atoms with E-state index in [0.717, 1.165) is 24.3 Å². The van der Waals surface area contributed by atoms with Gasteiger partial charge in [-0.05, 0) is 25.0 Å². The Morgan fingerprint density at radius 1 is 1.47 bits per heavy atom. The number of para-hydroxylation sites is 1. The third-order valence-electron chi connectivity index (χ3n) is 3.01. The summed E-state index contributed by atoms with van der Waals surface area (Å²) >= 11 is 0. The lowest BCUT2D eigenvalue weighted by Gasteiger charge is -2.18. The molecule has 0 unspecified atom stereocenters. The van der Waals surface area contributed by atoms with E-state index in [1.165, 1.54) is 5.56 Å². The Bertz CT molecular complexity index is 549. The number of hydrogen-bond donors (Lipinski definition) is 1. The standard InChI is InChI=1S/C12H14N4O/c1-8-14-11(17-15-8)7-16-6-5-9-3-2-4-10(13)12(9)16/h2-4H,5-7,13H2,1H3. The van der Waals surface area contributed by atoms with Crippen LogP contribution in [0.4, 0.5) is 11.4 Å². The summed E-state index contributed by atoms with van der Waals surface area (Å²) in [4.78, 5) is 6.41. The van der Waals surface area contributed by atoms with Gasteiger partial charge in [-0.25, -0.2) is 0 Å². The first-order valence-corrected chi connectivity index (χ1v) is 5.65. The van der Waals surface area contributed by atoms with Gasteiger partial charge in [0.25, 0.3) is 0 Å². The molecular formula is C12H14N4O. The molecule has 2 N–H and O–H groups in total. The molecule has 5 nitrogen and oxygen atoms in total. The Balaban J connectivity index is 1.89. The third-order valence-corrected chi connectivity index (χ3v) is 3.01. The topological polar surface area (TPSA) is 68.2 Å². The van der Waals surface area contributed by atoms with E-state index >= 15 is 0 Å². The fraction of sp³-hybridized carbons (Fsp3) is 0.333. The second-order valence-electron chi connectivity index (χ2n) is 4.26. The number of benzene rings is 1. The maximum atomic E-state index is 6.01. The van der Waals surface area contributed by atoms with Gasteiger partial charge in [0.2, 0.25) is 5.89 Å². The van der Waals surface area contributed by atoms with Gasteiger partial charge in [0.05, 0.1) is 17.9 Å². The van der Waals surface area contributed by atoms with Gasteiger partial charge in [-0.1, -0.05) is 17.3 Å². The van der Waals surface area contributed by atoms with Crippen LogP contribution in [-0.2, 0) is 13.0 Å². The van der Waals surface area contributed by atoms with Gasteiger partial charge in [0.15, 0.2) is 5.82 Å². The summed E-state index contributed by atoms with van der Waals surface area (Å²) < 4.78 is 5.14. The van der Waals surface area contributed by atoms with Gasteiger partial charge in [-0.15, -0.1) is 0 Å². The molecule has 1 aliphatic rings. The summed E-state index contributed by atoms with van der Waals surface area (Å²) in [5, 5.41) is 3.79. The molecule has 1 aliphatic heterocycles. The van der Waals surface area contributed by atoms with Crippen molar-refractivity contribution in [2.45, 2.75) is 19.9 Å². The highest BCUT2D eigenvalue weighted by Crippen LogP contribution is 2.34. The summed E-state index contributed by atoms with van der Waals surface area (Å²) in [6.45, 7) is 3.40. The molecule has 17 heavy (non-hydrogen) atoms. The van der Waals surface area contributed by atoms with Crippen molar-refractivity contribution in [1.29, 1.82) is 0 Å². The van der Waals surface area contributed by atoms with Crippen LogP contribution in [0.5, 0.6) is 0 Å². The average Bonchev–Trinajstić information content (AvgIpc) is 2.88. The molecule has 0 amide bonds. The third kappa shape index (κ3) is 1.73. The van der Waals surface area contributed by atoms with E-state index < -0.39 is 0 Å². The normalized spacial score (nSPS) is 14.1. The predicted molar refractivity (Wildman–Crippen MR) is 64.6 cm³/mol. The second-order valence-corrected chi connectivity index (χ2v) is 4.26. The molecule has 1 aromatic carbocycles. The summed E-state index contributed by atoms with van der Waals surface area (Å²) in [5.41, 5.74) is 9.24. The molecule has 3 rings (SSSR count). The van der Waals surface area contributed by atoms with Gasteiger partial charge in [0, 0.05) is 6.54 Å². The molecule has 2 heterocycles. The summed E-state index contributed by atoms with van der Waals surface area (Å²) in [5.74, 6) is 1.30. The number of fused-ring (bicyclic) bond motifs is 1. The highest BCUT2D eigenvalue weighted by atomic mass is 16.5. The van der Waals surface area contributed by atoms with E-state index in [2.05, 4.69) is 21.1 Å². The van der Waals surface area contributed by atoms with Gasteiger partial charge in [0.1, 0.15) is 0 Å². The molecule has 5 heteroatoms. The summed E-state index contributed by atoms with van der Waals surface area (Å²) in [6.07, 6.45) is 1.02. The van der Waals surface area contributed by atoms with Gasteiger partial charge < -0.3 is 15.2 Å². The lowest BCUT2D eigenvalue weighted by Crippen LogP contribution is -2.20. The van der Waals surface area contributed by atoms with Crippen LogP contribution in [0.15, 0.2) is 22.7 Å². The summed E-state index contributed by atoms with van der Waals surface area (Å²) in [7, 11) is 0. The lowest BCUT2D eigenvalue weighted by atomic mass is 10.1. The van der Waals surface area contributed by atoms with E-state index in [0.29, 0.717) is 18.3 Å². The number of hydrogen-bond acceptors (Lipinski definition) is 5. The first-order valence-electron chi connectivity index (χ1n) is 5.65. The second kappa shape index (κ2) is 3.76. The number of nitrogen functional groups attached to an aromatic ring is 1. The Labute approximate surface area is 99.2 Å². The Hall–Kier alpha value is -2.04. The summed E-state index contributed by atoms with van der Waals surface area (Å²) in [6, 6.07) is 6.04. The van der Waals surface area contributed by atoms with Crippen LogP contribution in [0, 0.1) is 6.92 Å². The van der Waals surface area contributed by atoms with E-state index in [1.54, 1.807) is 0 Å². The monoisotopic (exact) mass is 230 g/mol. The number of anilines is 2. The zero-order chi connectivity index (χ0) is 11.8. The van der Waals surface area contributed by atoms with Crippen LogP contribution in [0.3, 0.4) is 0 Å². The van der Waals surface area contributed by atoms with E-state index in [9.17, 15) is 0 Å². The number of nitrogens with zero attached hydrogens (tertiary/aromatic N) is 3. The highest BCUT2D eigenvalue weighted by molar-refractivity contribution is 5.73. The Morgan fingerprint density at radius 3 is 3.12 bits per heavy atom. The first kappa shape index (κ1) is 10.1. The van der Waals surface area contributed by atoms with Crippen molar-refractivity contribution in [3.8, 4) is 0 Å². The number of rotatable bonds is 2. The van der Waals surface area contributed by atoms with Crippen molar-refractivity contribution in [2.75, 3.05) is 17.2 Å². The smallest absolute Gasteiger partial charge is 0.246 e. The molecule has 1 aromatic heterocycles. The van der Waals surface area contributed by atoms with E-state index in [1.807, 2.05) is 19.1 Å². The van der Waals surface area contributed by atoms with E-state index in [4.69, 9.17) is 10.3 Å². The SMILES string of the molecule is Cc1noc(CN2CCc3cccc(N)c32)n1. The van der Waals surface area contributed by atoms with Crippen molar-refractivity contribution >= 4 is 11.4 Å². The molecule has 0 bridgehead atoms. The Kier molecular flexibility index (Phi) is 2.24. The molecule has 0 atom stereocenters. The average molecular weight is 230 g/mol. The Morgan fingerprint density at radius 2 is 2.35 bits per heavy atom. The van der Waals surface area contributed by atoms with Gasteiger partial charge in [-0.3, -0.25) is 0 Å². The predicted octanol–water partition coefficient (Wildman–Crippen LogP) is 1.52. The van der Waals surface area contributed by atoms with Gasteiger partial charge >= 0.3 is 0 Å². The molecule has 0 saturated heterocycles. The molecule has 2 aromatic rings. The van der Waals surface area contributed by atoms with Crippen molar-refractivity contribution < 1.29 is 4.52 Å². The van der Waals surface area contributed by atoms with Crippen LogP contribution in [-0.4, -0.2) is 16.7 Å². The minimum absolute atomic E-state index is 0.627. The molecule has 0 radical (unpaired) electrons.